The molecule has 1 aromatic heterocycles. The summed E-state index contributed by atoms with van der Waals surface area (Å²) < 4.78 is 10.6. The van der Waals surface area contributed by atoms with Crippen LogP contribution in [0.4, 0.5) is 5.69 Å². The number of amides is 1. The molecule has 150 valence electrons. The lowest BCUT2D eigenvalue weighted by Gasteiger charge is -2.05. The molecule has 0 saturated carbocycles. The lowest BCUT2D eigenvalue weighted by Crippen LogP contribution is -2.12. The fourth-order valence-corrected chi connectivity index (χ4v) is 3.17. The predicted molar refractivity (Wildman–Crippen MR) is 115 cm³/mol. The van der Waals surface area contributed by atoms with Gasteiger partial charge in [0.2, 0.25) is 5.89 Å². The summed E-state index contributed by atoms with van der Waals surface area (Å²) in [5.41, 5.74) is 5.88. The normalized spacial score (nSPS) is 10.8. The summed E-state index contributed by atoms with van der Waals surface area (Å²) in [5.74, 6) is -0.185. The van der Waals surface area contributed by atoms with E-state index in [2.05, 4.69) is 15.0 Å². The first kappa shape index (κ1) is 19.4. The summed E-state index contributed by atoms with van der Waals surface area (Å²) in [6, 6.07) is 17.7. The van der Waals surface area contributed by atoms with E-state index >= 15 is 0 Å². The topological polar surface area (TPSA) is 81.4 Å². The monoisotopic (exact) mass is 400 g/mol. The number of hydrogen-bond donors (Lipinski definition) is 1. The van der Waals surface area contributed by atoms with Crippen molar-refractivity contribution in [2.24, 2.45) is 0 Å². The van der Waals surface area contributed by atoms with E-state index < -0.39 is 5.97 Å². The number of anilines is 1. The van der Waals surface area contributed by atoms with Gasteiger partial charge in [-0.15, -0.1) is 0 Å². The molecule has 0 unspecified atom stereocenters. The maximum atomic E-state index is 12.5. The molecular formula is C24H20N2O4. The van der Waals surface area contributed by atoms with Gasteiger partial charge in [0.1, 0.15) is 5.52 Å². The average molecular weight is 400 g/mol. The maximum Gasteiger partial charge on any atom is 0.337 e. The SMILES string of the molecule is COC(=O)c1ccc(C(=O)Nc2ccc3oc(-c4cc(C)ccc4C)nc3c2)cc1. The largest absolute Gasteiger partial charge is 0.465 e. The van der Waals surface area contributed by atoms with E-state index in [-0.39, 0.29) is 5.91 Å². The molecule has 1 amide bonds. The quantitative estimate of drug-likeness (QED) is 0.479. The Morgan fingerprint density at radius 2 is 1.67 bits per heavy atom. The molecule has 1 N–H and O–H groups in total. The van der Waals surface area contributed by atoms with Crippen molar-refractivity contribution in [2.75, 3.05) is 12.4 Å². The third-order valence-electron chi connectivity index (χ3n) is 4.84. The molecule has 6 nitrogen and oxygen atoms in total. The van der Waals surface area contributed by atoms with Gasteiger partial charge >= 0.3 is 5.97 Å². The third-order valence-corrected chi connectivity index (χ3v) is 4.84. The number of carbonyl (C=O) groups is 2. The van der Waals surface area contributed by atoms with E-state index in [4.69, 9.17) is 4.42 Å². The van der Waals surface area contributed by atoms with Gasteiger partial charge in [-0.1, -0.05) is 17.7 Å². The Kier molecular flexibility index (Phi) is 5.06. The number of nitrogens with one attached hydrogen (secondary N) is 1. The molecule has 0 fully saturated rings. The molecule has 0 radical (unpaired) electrons. The number of ether oxygens (including phenoxy) is 1. The minimum atomic E-state index is -0.446. The van der Waals surface area contributed by atoms with Crippen LogP contribution in [0.25, 0.3) is 22.6 Å². The number of aromatic nitrogens is 1. The van der Waals surface area contributed by atoms with E-state index in [0.717, 1.165) is 16.7 Å². The molecule has 4 rings (SSSR count). The van der Waals surface area contributed by atoms with Crippen LogP contribution in [0.5, 0.6) is 0 Å². The summed E-state index contributed by atoms with van der Waals surface area (Å²) in [6.07, 6.45) is 0. The van der Waals surface area contributed by atoms with Gasteiger partial charge in [-0.3, -0.25) is 4.79 Å². The number of oxazole rings is 1. The number of esters is 1. The summed E-state index contributed by atoms with van der Waals surface area (Å²) in [6.45, 7) is 4.04. The molecule has 0 atom stereocenters. The highest BCUT2D eigenvalue weighted by molar-refractivity contribution is 6.05. The Bertz CT molecular complexity index is 1260. The van der Waals surface area contributed by atoms with E-state index in [1.807, 2.05) is 32.0 Å². The van der Waals surface area contributed by atoms with Crippen molar-refractivity contribution in [1.82, 2.24) is 4.98 Å². The first-order valence-electron chi connectivity index (χ1n) is 9.42. The minimum Gasteiger partial charge on any atom is -0.465 e. The van der Waals surface area contributed by atoms with Crippen molar-refractivity contribution in [3.8, 4) is 11.5 Å². The fraction of sp³-hybridized carbons (Fsp3) is 0.125. The summed E-state index contributed by atoms with van der Waals surface area (Å²) >= 11 is 0. The molecule has 0 bridgehead atoms. The highest BCUT2D eigenvalue weighted by Crippen LogP contribution is 2.29. The van der Waals surface area contributed by atoms with Crippen LogP contribution in [0.3, 0.4) is 0 Å². The van der Waals surface area contributed by atoms with Gasteiger partial charge in [-0.25, -0.2) is 9.78 Å². The Labute approximate surface area is 173 Å². The third kappa shape index (κ3) is 3.80. The second kappa shape index (κ2) is 7.83. The molecule has 4 aromatic rings. The van der Waals surface area contributed by atoms with Crippen LogP contribution in [-0.4, -0.2) is 24.0 Å². The summed E-state index contributed by atoms with van der Waals surface area (Å²) in [4.78, 5) is 28.7. The number of nitrogens with zero attached hydrogens (tertiary/aromatic N) is 1. The first-order chi connectivity index (χ1) is 14.4. The minimum absolute atomic E-state index is 0.288. The van der Waals surface area contributed by atoms with Gasteiger partial charge in [0.25, 0.3) is 5.91 Å². The fourth-order valence-electron chi connectivity index (χ4n) is 3.17. The lowest BCUT2D eigenvalue weighted by molar-refractivity contribution is 0.0600. The maximum absolute atomic E-state index is 12.5. The zero-order valence-electron chi connectivity index (χ0n) is 16.9. The van der Waals surface area contributed by atoms with E-state index in [9.17, 15) is 9.59 Å². The highest BCUT2D eigenvalue weighted by atomic mass is 16.5. The molecule has 0 aliphatic heterocycles. The molecular weight excluding hydrogens is 380 g/mol. The number of rotatable bonds is 4. The van der Waals surface area contributed by atoms with Crippen LogP contribution in [0, 0.1) is 13.8 Å². The smallest absolute Gasteiger partial charge is 0.337 e. The molecule has 3 aromatic carbocycles. The Balaban J connectivity index is 1.57. The second-order valence-corrected chi connectivity index (χ2v) is 7.04. The highest BCUT2D eigenvalue weighted by Gasteiger charge is 2.13. The Hall–Kier alpha value is -3.93. The van der Waals surface area contributed by atoms with Gasteiger partial charge < -0.3 is 14.5 Å². The number of fused-ring (bicyclic) bond motifs is 1. The Morgan fingerprint density at radius 3 is 2.40 bits per heavy atom. The van der Waals surface area contributed by atoms with Crippen LogP contribution in [0.1, 0.15) is 31.8 Å². The van der Waals surface area contributed by atoms with Gasteiger partial charge in [-0.05, 0) is 67.9 Å². The number of aryl methyl sites for hydroxylation is 2. The molecule has 1 heterocycles. The van der Waals surface area contributed by atoms with Gasteiger partial charge in [0.05, 0.1) is 12.7 Å². The zero-order valence-corrected chi connectivity index (χ0v) is 16.9. The second-order valence-electron chi connectivity index (χ2n) is 7.04. The van der Waals surface area contributed by atoms with Crippen molar-refractivity contribution in [1.29, 1.82) is 0 Å². The van der Waals surface area contributed by atoms with Crippen LogP contribution in [0.2, 0.25) is 0 Å². The molecule has 30 heavy (non-hydrogen) atoms. The summed E-state index contributed by atoms with van der Waals surface area (Å²) in [7, 11) is 1.31. The zero-order chi connectivity index (χ0) is 21.3. The first-order valence-corrected chi connectivity index (χ1v) is 9.42. The van der Waals surface area contributed by atoms with E-state index in [0.29, 0.717) is 33.8 Å². The van der Waals surface area contributed by atoms with Gasteiger partial charge in [0, 0.05) is 16.8 Å². The number of hydrogen-bond acceptors (Lipinski definition) is 5. The van der Waals surface area contributed by atoms with E-state index in [1.54, 1.807) is 42.5 Å². The van der Waals surface area contributed by atoms with Crippen LogP contribution < -0.4 is 5.32 Å². The Morgan fingerprint density at radius 1 is 0.933 bits per heavy atom. The lowest BCUT2D eigenvalue weighted by atomic mass is 10.1. The van der Waals surface area contributed by atoms with Crippen molar-refractivity contribution in [2.45, 2.75) is 13.8 Å². The molecule has 6 heteroatoms. The number of methoxy groups -OCH3 is 1. The van der Waals surface area contributed by atoms with Gasteiger partial charge in [0.15, 0.2) is 5.58 Å². The molecule has 0 aliphatic carbocycles. The number of carbonyl (C=O) groups excluding carboxylic acids is 2. The standard InChI is InChI=1S/C24H20N2O4/c1-14-4-5-15(2)19(12-14)23-26-20-13-18(10-11-21(20)30-23)25-22(27)16-6-8-17(9-7-16)24(28)29-3/h4-13H,1-3H3,(H,25,27). The van der Waals surface area contributed by atoms with E-state index in [1.165, 1.54) is 7.11 Å². The molecule has 0 spiro atoms. The molecule has 0 aliphatic rings. The van der Waals surface area contributed by atoms with Crippen LogP contribution in [-0.2, 0) is 4.74 Å². The summed E-state index contributed by atoms with van der Waals surface area (Å²) in [5, 5.41) is 2.85. The van der Waals surface area contributed by atoms with Crippen LogP contribution in [0.15, 0.2) is 65.1 Å². The van der Waals surface area contributed by atoms with Gasteiger partial charge in [-0.2, -0.15) is 0 Å². The average Bonchev–Trinajstić information content (AvgIpc) is 3.18. The number of benzene rings is 3. The van der Waals surface area contributed by atoms with Crippen molar-refractivity contribution in [3.05, 3.63) is 82.9 Å². The predicted octanol–water partition coefficient (Wildman–Crippen LogP) is 5.15. The van der Waals surface area contributed by atoms with Crippen molar-refractivity contribution >= 4 is 28.7 Å². The van der Waals surface area contributed by atoms with Crippen LogP contribution >= 0.6 is 0 Å². The van der Waals surface area contributed by atoms with Crippen molar-refractivity contribution < 1.29 is 18.7 Å². The molecule has 0 saturated heterocycles. The van der Waals surface area contributed by atoms with Crippen molar-refractivity contribution in [3.63, 3.8) is 0 Å².